The predicted molar refractivity (Wildman–Crippen MR) is 99.7 cm³/mol. The second-order valence-electron chi connectivity index (χ2n) is 7.74. The number of nitrogen functional groups attached to an aromatic ring is 1. The van der Waals surface area contributed by atoms with E-state index in [2.05, 4.69) is 38.2 Å². The maximum absolute atomic E-state index is 12.1. The lowest BCUT2D eigenvalue weighted by Gasteiger charge is -2.27. The molecule has 136 valence electrons. The molecular weight excluding hydrogens is 316 g/mol. The molecule has 1 heterocycles. The Morgan fingerprint density at radius 3 is 2.60 bits per heavy atom. The van der Waals surface area contributed by atoms with Crippen molar-refractivity contribution >= 4 is 17.5 Å². The molecule has 0 aromatic heterocycles. The highest BCUT2D eigenvalue weighted by Crippen LogP contribution is 2.24. The van der Waals surface area contributed by atoms with E-state index in [9.17, 15) is 4.79 Å². The fourth-order valence-electron chi connectivity index (χ4n) is 2.40. The highest BCUT2D eigenvalue weighted by Gasteiger charge is 2.26. The summed E-state index contributed by atoms with van der Waals surface area (Å²) >= 11 is 0. The van der Waals surface area contributed by atoms with Crippen LogP contribution in [0.3, 0.4) is 0 Å². The van der Waals surface area contributed by atoms with Gasteiger partial charge >= 0.3 is 0 Å². The van der Waals surface area contributed by atoms with Crippen molar-refractivity contribution in [1.82, 2.24) is 5.32 Å². The van der Waals surface area contributed by atoms with Gasteiger partial charge in [-0.3, -0.25) is 10.2 Å². The first kappa shape index (κ1) is 19.0. The largest absolute Gasteiger partial charge is 0.391 e. The zero-order valence-electron chi connectivity index (χ0n) is 15.4. The van der Waals surface area contributed by atoms with E-state index in [1.165, 1.54) is 0 Å². The average Bonchev–Trinajstić information content (AvgIpc) is 3.00. The number of oxime groups is 1. The first-order chi connectivity index (χ1) is 11.7. The Hall–Kier alpha value is -2.37. The van der Waals surface area contributed by atoms with E-state index in [0.717, 1.165) is 11.3 Å². The third-order valence-electron chi connectivity index (χ3n) is 4.76. The third kappa shape index (κ3) is 5.31. The van der Waals surface area contributed by atoms with Gasteiger partial charge < -0.3 is 15.9 Å². The lowest BCUT2D eigenvalue weighted by molar-refractivity contribution is -0.123. The van der Waals surface area contributed by atoms with Gasteiger partial charge in [-0.1, -0.05) is 57.1 Å². The highest BCUT2D eigenvalue weighted by molar-refractivity contribution is 6.02. The van der Waals surface area contributed by atoms with Crippen LogP contribution in [0.25, 0.3) is 0 Å². The first-order valence-corrected chi connectivity index (χ1v) is 8.61. The van der Waals surface area contributed by atoms with Crippen molar-refractivity contribution in [1.29, 1.82) is 5.41 Å². The summed E-state index contributed by atoms with van der Waals surface area (Å²) in [6.45, 7) is 9.30. The molecule has 1 aliphatic heterocycles. The van der Waals surface area contributed by atoms with Gasteiger partial charge in [-0.2, -0.15) is 0 Å². The highest BCUT2D eigenvalue weighted by atomic mass is 16.6. The van der Waals surface area contributed by atoms with Crippen LogP contribution in [0.4, 0.5) is 0 Å². The summed E-state index contributed by atoms with van der Waals surface area (Å²) in [4.78, 5) is 17.5. The van der Waals surface area contributed by atoms with E-state index < -0.39 is 0 Å². The average molecular weight is 344 g/mol. The normalized spacial score (nSPS) is 18.2. The maximum atomic E-state index is 12.1. The topological polar surface area (TPSA) is 101 Å². The fourth-order valence-corrected chi connectivity index (χ4v) is 2.40. The molecule has 0 radical (unpaired) electrons. The molecule has 0 aliphatic carbocycles. The van der Waals surface area contributed by atoms with Gasteiger partial charge in [0.2, 0.25) is 5.91 Å². The monoisotopic (exact) mass is 344 g/mol. The standard InChI is InChI=1S/C19H28N4O2/c1-12(19(2,3)4)11-22-17(24)10-15-9-16(23-25-15)13-5-7-14(8-6-13)18(20)21/h5-8,12,15H,9-11H2,1-4H3,(H3,20,21)(H,22,24). The van der Waals surface area contributed by atoms with Gasteiger partial charge in [0, 0.05) is 18.5 Å². The van der Waals surface area contributed by atoms with E-state index in [-0.39, 0.29) is 23.3 Å². The Bertz CT molecular complexity index is 659. The van der Waals surface area contributed by atoms with Crippen molar-refractivity contribution in [2.24, 2.45) is 22.2 Å². The van der Waals surface area contributed by atoms with Crippen LogP contribution in [0.15, 0.2) is 29.4 Å². The van der Waals surface area contributed by atoms with Crippen molar-refractivity contribution in [2.45, 2.75) is 46.6 Å². The number of carbonyl (C=O) groups is 1. The molecule has 0 fully saturated rings. The van der Waals surface area contributed by atoms with Crippen LogP contribution < -0.4 is 11.1 Å². The van der Waals surface area contributed by atoms with E-state index in [1.54, 1.807) is 12.1 Å². The molecule has 1 amide bonds. The van der Waals surface area contributed by atoms with Gasteiger partial charge in [0.1, 0.15) is 11.9 Å². The van der Waals surface area contributed by atoms with Gasteiger partial charge in [-0.25, -0.2) is 0 Å². The lowest BCUT2D eigenvalue weighted by Crippen LogP contribution is -2.35. The van der Waals surface area contributed by atoms with E-state index in [1.807, 2.05) is 12.1 Å². The van der Waals surface area contributed by atoms with E-state index in [0.29, 0.717) is 30.9 Å². The molecule has 0 saturated heterocycles. The van der Waals surface area contributed by atoms with Crippen LogP contribution in [0.1, 0.15) is 51.7 Å². The van der Waals surface area contributed by atoms with Crippen LogP contribution in [0.2, 0.25) is 0 Å². The summed E-state index contributed by atoms with van der Waals surface area (Å²) < 4.78 is 0. The van der Waals surface area contributed by atoms with Crippen LogP contribution in [0, 0.1) is 16.7 Å². The number of nitrogens with two attached hydrogens (primary N) is 1. The molecule has 0 bridgehead atoms. The number of nitrogens with one attached hydrogen (secondary N) is 2. The Labute approximate surface area is 149 Å². The number of hydrogen-bond donors (Lipinski definition) is 3. The molecule has 6 nitrogen and oxygen atoms in total. The third-order valence-corrected chi connectivity index (χ3v) is 4.76. The van der Waals surface area contributed by atoms with Crippen molar-refractivity contribution in [3.05, 3.63) is 35.4 Å². The van der Waals surface area contributed by atoms with Gasteiger partial charge in [0.15, 0.2) is 0 Å². The first-order valence-electron chi connectivity index (χ1n) is 8.61. The minimum Gasteiger partial charge on any atom is -0.391 e. The molecule has 25 heavy (non-hydrogen) atoms. The quantitative estimate of drug-likeness (QED) is 0.546. The molecule has 1 aromatic rings. The molecule has 4 N–H and O–H groups in total. The number of amidine groups is 1. The Morgan fingerprint density at radius 1 is 1.40 bits per heavy atom. The number of hydrogen-bond acceptors (Lipinski definition) is 4. The van der Waals surface area contributed by atoms with Crippen molar-refractivity contribution in [3.63, 3.8) is 0 Å². The number of rotatable bonds is 6. The molecule has 1 aliphatic rings. The minimum atomic E-state index is -0.229. The Kier molecular flexibility index (Phi) is 5.82. The fraction of sp³-hybridized carbons (Fsp3) is 0.526. The SMILES string of the molecule is CC(CNC(=O)CC1CC(c2ccc(C(=N)N)cc2)=NO1)C(C)(C)C. The molecule has 1 aromatic carbocycles. The van der Waals surface area contributed by atoms with E-state index >= 15 is 0 Å². The summed E-state index contributed by atoms with van der Waals surface area (Å²) in [5, 5.41) is 14.5. The minimum absolute atomic E-state index is 0.00974. The van der Waals surface area contributed by atoms with Crippen molar-refractivity contribution in [2.75, 3.05) is 6.54 Å². The second kappa shape index (κ2) is 7.68. The smallest absolute Gasteiger partial charge is 0.223 e. The van der Waals surface area contributed by atoms with Gasteiger partial charge in [0.05, 0.1) is 12.1 Å². The van der Waals surface area contributed by atoms with Crippen LogP contribution >= 0.6 is 0 Å². The number of carbonyl (C=O) groups excluding carboxylic acids is 1. The van der Waals surface area contributed by atoms with Gasteiger partial charge in [-0.05, 0) is 16.9 Å². The molecular formula is C19H28N4O2. The number of amides is 1. The molecule has 6 heteroatoms. The summed E-state index contributed by atoms with van der Waals surface area (Å²) in [6.07, 6.45) is 0.671. The summed E-state index contributed by atoms with van der Waals surface area (Å²) in [7, 11) is 0. The molecule has 2 unspecified atom stereocenters. The van der Waals surface area contributed by atoms with Crippen LogP contribution in [-0.4, -0.2) is 30.1 Å². The molecule has 0 saturated carbocycles. The Morgan fingerprint density at radius 2 is 2.04 bits per heavy atom. The van der Waals surface area contributed by atoms with Crippen molar-refractivity contribution < 1.29 is 9.63 Å². The molecule has 2 rings (SSSR count). The van der Waals surface area contributed by atoms with Crippen LogP contribution in [-0.2, 0) is 9.63 Å². The summed E-state index contributed by atoms with van der Waals surface area (Å²) in [6, 6.07) is 7.31. The zero-order valence-corrected chi connectivity index (χ0v) is 15.4. The Balaban J connectivity index is 1.82. The lowest BCUT2D eigenvalue weighted by atomic mass is 9.82. The van der Waals surface area contributed by atoms with Crippen molar-refractivity contribution in [3.8, 4) is 0 Å². The van der Waals surface area contributed by atoms with Gasteiger partial charge in [0.25, 0.3) is 0 Å². The van der Waals surface area contributed by atoms with E-state index in [4.69, 9.17) is 16.0 Å². The van der Waals surface area contributed by atoms with Gasteiger partial charge in [-0.15, -0.1) is 0 Å². The molecule has 2 atom stereocenters. The summed E-state index contributed by atoms with van der Waals surface area (Å²) in [5.41, 5.74) is 8.03. The van der Waals surface area contributed by atoms with Crippen LogP contribution in [0.5, 0.6) is 0 Å². The maximum Gasteiger partial charge on any atom is 0.223 e. The zero-order chi connectivity index (χ0) is 18.6. The molecule has 0 spiro atoms. The number of benzene rings is 1. The summed E-state index contributed by atoms with van der Waals surface area (Å²) in [5.74, 6) is 0.423. The predicted octanol–water partition coefficient (Wildman–Crippen LogP) is 2.65. The number of nitrogens with zero attached hydrogens (tertiary/aromatic N) is 1. The second-order valence-corrected chi connectivity index (χ2v) is 7.74.